The van der Waals surface area contributed by atoms with Crippen LogP contribution in [-0.2, 0) is 4.74 Å². The summed E-state index contributed by atoms with van der Waals surface area (Å²) in [5.74, 6) is 0. The normalized spacial score (nSPS) is 15.2. The topological polar surface area (TPSA) is 53.6 Å². The van der Waals surface area contributed by atoms with Gasteiger partial charge in [0.2, 0.25) is 0 Å². The zero-order valence-electron chi connectivity index (χ0n) is 13.4. The molecule has 0 radical (unpaired) electrons. The molecule has 1 fully saturated rings. The molecule has 1 aromatic carbocycles. The van der Waals surface area contributed by atoms with Crippen LogP contribution in [0.25, 0.3) is 0 Å². The Bertz CT molecular complexity index is 574. The van der Waals surface area contributed by atoms with Gasteiger partial charge in [-0.3, -0.25) is 0 Å². The van der Waals surface area contributed by atoms with Gasteiger partial charge in [-0.05, 0) is 62.7 Å². The minimum absolute atomic E-state index is 0.225. The van der Waals surface area contributed by atoms with Crippen molar-refractivity contribution in [1.29, 1.82) is 0 Å². The summed E-state index contributed by atoms with van der Waals surface area (Å²) in [5, 5.41) is 7.14. The van der Waals surface area contributed by atoms with Gasteiger partial charge in [0.05, 0.1) is 6.61 Å². The van der Waals surface area contributed by atoms with Crippen molar-refractivity contribution >= 4 is 45.0 Å². The molecule has 1 heterocycles. The number of carbonyl (C=O) groups is 1. The van der Waals surface area contributed by atoms with E-state index >= 15 is 0 Å². The van der Waals surface area contributed by atoms with Crippen LogP contribution in [0.4, 0.5) is 10.5 Å². The Labute approximate surface area is 150 Å². The van der Waals surface area contributed by atoms with E-state index in [1.807, 2.05) is 32.0 Å². The summed E-state index contributed by atoms with van der Waals surface area (Å²) in [6.45, 7) is 5.65. The van der Waals surface area contributed by atoms with Crippen LogP contribution in [0.1, 0.15) is 25.3 Å². The Balaban J connectivity index is 1.78. The highest BCUT2D eigenvalue weighted by Crippen LogP contribution is 2.20. The van der Waals surface area contributed by atoms with Gasteiger partial charge in [0.1, 0.15) is 0 Å². The molecule has 2 rings (SSSR count). The molecule has 0 atom stereocenters. The first kappa shape index (κ1) is 18.0. The number of carbonyl (C=O) groups excluding carboxylic acids is 1. The van der Waals surface area contributed by atoms with E-state index in [1.54, 1.807) is 4.90 Å². The molecule has 2 N–H and O–H groups in total. The van der Waals surface area contributed by atoms with E-state index in [1.165, 1.54) is 0 Å². The van der Waals surface area contributed by atoms with Gasteiger partial charge in [0.25, 0.3) is 0 Å². The van der Waals surface area contributed by atoms with E-state index in [0.29, 0.717) is 24.8 Å². The van der Waals surface area contributed by atoms with Crippen molar-refractivity contribution in [3.63, 3.8) is 0 Å². The molecule has 1 aromatic rings. The third kappa shape index (κ3) is 5.35. The lowest BCUT2D eigenvalue weighted by atomic mass is 10.1. The molecule has 0 saturated carbocycles. The number of aryl methyl sites for hydroxylation is 1. The van der Waals surface area contributed by atoms with Gasteiger partial charge in [0, 0.05) is 29.3 Å². The fourth-order valence-corrected chi connectivity index (χ4v) is 3.03. The zero-order valence-corrected chi connectivity index (χ0v) is 15.8. The molecule has 0 aliphatic carbocycles. The average molecular weight is 400 g/mol. The van der Waals surface area contributed by atoms with E-state index in [2.05, 4.69) is 26.6 Å². The smallest absolute Gasteiger partial charge is 0.409 e. The number of hydrogen-bond donors (Lipinski definition) is 2. The fourth-order valence-electron chi connectivity index (χ4n) is 2.50. The molecular weight excluding hydrogens is 378 g/mol. The van der Waals surface area contributed by atoms with Crippen molar-refractivity contribution in [1.82, 2.24) is 10.2 Å². The van der Waals surface area contributed by atoms with E-state index < -0.39 is 0 Å². The van der Waals surface area contributed by atoms with Gasteiger partial charge in [-0.25, -0.2) is 4.79 Å². The largest absolute Gasteiger partial charge is 0.450 e. The van der Waals surface area contributed by atoms with E-state index in [0.717, 1.165) is 28.6 Å². The van der Waals surface area contributed by atoms with Crippen molar-refractivity contribution in [3.8, 4) is 0 Å². The lowest BCUT2D eigenvalue weighted by Gasteiger charge is -2.32. The number of halogens is 1. The molecule has 7 heteroatoms. The second-order valence-corrected chi connectivity index (χ2v) is 6.79. The van der Waals surface area contributed by atoms with Crippen molar-refractivity contribution < 1.29 is 9.53 Å². The van der Waals surface area contributed by atoms with Gasteiger partial charge in [0.15, 0.2) is 5.11 Å². The number of hydrogen-bond acceptors (Lipinski definition) is 3. The van der Waals surface area contributed by atoms with Crippen LogP contribution in [0, 0.1) is 6.92 Å². The molecule has 1 saturated heterocycles. The second kappa shape index (κ2) is 8.49. The Morgan fingerprint density at radius 3 is 2.74 bits per heavy atom. The summed E-state index contributed by atoms with van der Waals surface area (Å²) in [4.78, 5) is 13.4. The van der Waals surface area contributed by atoms with Gasteiger partial charge in [-0.1, -0.05) is 15.9 Å². The third-order valence-electron chi connectivity index (χ3n) is 3.77. The molecule has 0 bridgehead atoms. The maximum Gasteiger partial charge on any atom is 0.409 e. The van der Waals surface area contributed by atoms with Crippen LogP contribution in [0.5, 0.6) is 0 Å². The molecular formula is C16H22BrN3O2S. The van der Waals surface area contributed by atoms with Crippen LogP contribution in [0.3, 0.4) is 0 Å². The first-order chi connectivity index (χ1) is 11.0. The summed E-state index contributed by atoms with van der Waals surface area (Å²) < 4.78 is 6.10. The quantitative estimate of drug-likeness (QED) is 0.759. The Kier molecular flexibility index (Phi) is 6.65. The lowest BCUT2D eigenvalue weighted by Crippen LogP contribution is -2.47. The number of anilines is 1. The predicted octanol–water partition coefficient (Wildman–Crippen LogP) is 3.66. The Hall–Kier alpha value is -1.34. The zero-order chi connectivity index (χ0) is 16.8. The van der Waals surface area contributed by atoms with Gasteiger partial charge >= 0.3 is 6.09 Å². The number of nitrogens with zero attached hydrogens (tertiary/aromatic N) is 1. The number of ether oxygens (including phenoxy) is 1. The van der Waals surface area contributed by atoms with Gasteiger partial charge < -0.3 is 20.3 Å². The molecule has 23 heavy (non-hydrogen) atoms. The number of benzene rings is 1. The lowest BCUT2D eigenvalue weighted by molar-refractivity contribution is 0.0964. The number of rotatable bonds is 3. The van der Waals surface area contributed by atoms with Crippen LogP contribution in [-0.4, -0.2) is 41.8 Å². The van der Waals surface area contributed by atoms with Crippen molar-refractivity contribution in [2.45, 2.75) is 32.7 Å². The van der Waals surface area contributed by atoms with Gasteiger partial charge in [-0.15, -0.1) is 0 Å². The SMILES string of the molecule is CCOC(=O)N1CCC(NC(=S)Nc2ccc(Br)c(C)c2)CC1. The minimum atomic E-state index is -0.225. The molecule has 0 aromatic heterocycles. The van der Waals surface area contributed by atoms with Crippen molar-refractivity contribution in [3.05, 3.63) is 28.2 Å². The van der Waals surface area contributed by atoms with Gasteiger partial charge in [-0.2, -0.15) is 0 Å². The van der Waals surface area contributed by atoms with Crippen molar-refractivity contribution in [2.24, 2.45) is 0 Å². The minimum Gasteiger partial charge on any atom is -0.450 e. The van der Waals surface area contributed by atoms with Crippen LogP contribution in [0.15, 0.2) is 22.7 Å². The number of thiocarbonyl (C=S) groups is 1. The summed E-state index contributed by atoms with van der Waals surface area (Å²) in [7, 11) is 0. The molecule has 1 aliphatic rings. The van der Waals surface area contributed by atoms with E-state index in [-0.39, 0.29) is 12.1 Å². The second-order valence-electron chi connectivity index (χ2n) is 5.52. The number of amides is 1. The summed E-state index contributed by atoms with van der Waals surface area (Å²) in [6.07, 6.45) is 1.50. The van der Waals surface area contributed by atoms with E-state index in [9.17, 15) is 4.79 Å². The summed E-state index contributed by atoms with van der Waals surface area (Å²) >= 11 is 8.86. The highest BCUT2D eigenvalue weighted by Gasteiger charge is 2.23. The predicted molar refractivity (Wildman–Crippen MR) is 99.9 cm³/mol. The maximum absolute atomic E-state index is 11.7. The molecule has 0 spiro atoms. The average Bonchev–Trinajstić information content (AvgIpc) is 2.52. The number of likely N-dealkylation sites (tertiary alicyclic amines) is 1. The molecule has 1 amide bonds. The summed E-state index contributed by atoms with van der Waals surface area (Å²) in [5.41, 5.74) is 2.12. The monoisotopic (exact) mass is 399 g/mol. The number of piperidine rings is 1. The Morgan fingerprint density at radius 2 is 2.13 bits per heavy atom. The maximum atomic E-state index is 11.7. The van der Waals surface area contributed by atoms with Crippen LogP contribution in [0.2, 0.25) is 0 Å². The highest BCUT2D eigenvalue weighted by atomic mass is 79.9. The van der Waals surface area contributed by atoms with E-state index in [4.69, 9.17) is 17.0 Å². The highest BCUT2D eigenvalue weighted by molar-refractivity contribution is 9.10. The summed E-state index contributed by atoms with van der Waals surface area (Å²) in [6, 6.07) is 6.30. The fraction of sp³-hybridized carbons (Fsp3) is 0.500. The standard InChI is InChI=1S/C16H22BrN3O2S/c1-3-22-16(21)20-8-6-12(7-9-20)18-15(23)19-13-4-5-14(17)11(2)10-13/h4-5,10,12H,3,6-9H2,1-2H3,(H2,18,19,23). The molecule has 5 nitrogen and oxygen atoms in total. The molecule has 0 unspecified atom stereocenters. The van der Waals surface area contributed by atoms with Crippen LogP contribution < -0.4 is 10.6 Å². The molecule has 1 aliphatic heterocycles. The number of nitrogens with one attached hydrogen (secondary N) is 2. The molecule has 126 valence electrons. The van der Waals surface area contributed by atoms with Crippen LogP contribution >= 0.6 is 28.1 Å². The first-order valence-corrected chi connectivity index (χ1v) is 8.95. The third-order valence-corrected chi connectivity index (χ3v) is 4.88. The first-order valence-electron chi connectivity index (χ1n) is 7.75. The van der Waals surface area contributed by atoms with Crippen molar-refractivity contribution in [2.75, 3.05) is 25.0 Å². The Morgan fingerprint density at radius 1 is 1.43 bits per heavy atom.